The Kier molecular flexibility index (Phi) is 18.2. The van der Waals surface area contributed by atoms with Crippen LogP contribution in [0.3, 0.4) is 0 Å². The normalized spacial score (nSPS) is 21.5. The number of carbonyl (C=O) groups excluding carboxylic acids is 4. The molecule has 11 rings (SSSR count). The van der Waals surface area contributed by atoms with Gasteiger partial charge in [-0.1, -0.05) is 49.4 Å². The number of nitrogens with zero attached hydrogens (tertiary/aromatic N) is 6. The van der Waals surface area contributed by atoms with Gasteiger partial charge < -0.3 is 56.5 Å². The van der Waals surface area contributed by atoms with Crippen LogP contribution in [0.1, 0.15) is 108 Å². The maximum absolute atomic E-state index is 14.3. The van der Waals surface area contributed by atoms with Crippen molar-refractivity contribution in [3.05, 3.63) is 113 Å². The first kappa shape index (κ1) is 62.2. The molecule has 464 valence electrons. The number of amides is 5. The number of urea groups is 1. The molecular weight excluding hydrogens is 1160 g/mol. The zero-order valence-electron chi connectivity index (χ0n) is 49.4. The third-order valence-electron chi connectivity index (χ3n) is 17.3. The molecule has 3 aromatic carbocycles. The van der Waals surface area contributed by atoms with Crippen LogP contribution in [0.2, 0.25) is 0 Å². The van der Waals surface area contributed by atoms with Crippen molar-refractivity contribution in [3.63, 3.8) is 0 Å². The minimum absolute atomic E-state index is 0.0285. The number of alkyl carbamates (subject to hydrolysis) is 1. The summed E-state index contributed by atoms with van der Waals surface area (Å²) in [5, 5.41) is 27.5. The number of carboxylic acids is 1. The van der Waals surface area contributed by atoms with E-state index in [1.165, 1.54) is 11.3 Å². The largest absolute Gasteiger partial charge is 0.491 e. The lowest BCUT2D eigenvalue weighted by molar-refractivity contribution is -0.248. The highest BCUT2D eigenvalue weighted by molar-refractivity contribution is 7.85. The van der Waals surface area contributed by atoms with Crippen molar-refractivity contribution in [2.24, 2.45) is 27.7 Å². The lowest BCUT2D eigenvalue weighted by Gasteiger charge is -2.69. The van der Waals surface area contributed by atoms with E-state index in [0.29, 0.717) is 102 Å². The molecule has 87 heavy (non-hydrogen) atoms. The Balaban J connectivity index is 0.807. The molecule has 4 heterocycles. The molecule has 1 aliphatic heterocycles. The van der Waals surface area contributed by atoms with E-state index < -0.39 is 40.2 Å². The van der Waals surface area contributed by atoms with Crippen LogP contribution in [0.5, 0.6) is 5.75 Å². The fourth-order valence-electron chi connectivity index (χ4n) is 14.6. The van der Waals surface area contributed by atoms with Crippen LogP contribution >= 0.6 is 11.3 Å². The number of aromatic carboxylic acids is 1. The van der Waals surface area contributed by atoms with E-state index in [1.54, 1.807) is 48.7 Å². The molecule has 4 aliphatic carbocycles. The fraction of sp³-hybridized carbons (Fsp3) is 0.475. The lowest BCUT2D eigenvalue weighted by atomic mass is 9.39. The van der Waals surface area contributed by atoms with Crippen molar-refractivity contribution in [2.75, 3.05) is 74.3 Å². The standard InChI is InChI=1S/C61H76N12O12S2/c1-38-44(28-66-73(38)37-60-32-58(2)31-59(3,33-60)35-61(34-58,36-60)85-26-23-71(4)24-27-87(80,81)82)42-16-18-50(69-51(42)54(76)77)72-22-19-41-45(29-72)43(53(75)70-56-68-46-8-5-6-10-49(46)86-56)15-17-48(41)83-25-21-65-57(79)84-30-39-11-13-40(14-12-39)67-47(52(62)74)9-7-20-64-55(63)78/h5-6,8,10-18,28,47,67H,7,9,19-27,29-37H2,1-4H3,(H2,62,74)(H,65,79)(H,76,77)(H3,63,64,78)(H,68,70,75)(H,80,81,82)/t47-,58?,59?,60?,61?/m0/s1. The van der Waals surface area contributed by atoms with Gasteiger partial charge in [-0.2, -0.15) is 13.5 Å². The molecule has 5 amide bonds. The van der Waals surface area contributed by atoms with Crippen LogP contribution in [0.4, 0.5) is 26.2 Å². The number of fused-ring (bicyclic) bond motifs is 2. The Morgan fingerprint density at radius 3 is 2.33 bits per heavy atom. The van der Waals surface area contributed by atoms with E-state index in [-0.39, 0.29) is 72.0 Å². The molecule has 0 spiro atoms. The highest BCUT2D eigenvalue weighted by Crippen LogP contribution is 2.72. The van der Waals surface area contributed by atoms with Crippen molar-refractivity contribution in [3.8, 4) is 16.9 Å². The molecule has 2 unspecified atom stereocenters. The number of primary amides is 2. The summed E-state index contributed by atoms with van der Waals surface area (Å²) in [5.41, 5.74) is 16.0. The van der Waals surface area contributed by atoms with Crippen LogP contribution in [0, 0.1) is 23.2 Å². The molecule has 4 bridgehead atoms. The minimum Gasteiger partial charge on any atom is -0.491 e. The summed E-state index contributed by atoms with van der Waals surface area (Å²) in [7, 11) is -2.25. The zero-order valence-corrected chi connectivity index (χ0v) is 51.0. The number of likely N-dealkylation sites (N-methyl/N-ethyl adjacent to an activating group) is 1. The average Bonchev–Trinajstić information content (AvgIpc) is 0.772. The quantitative estimate of drug-likeness (QED) is 0.0184. The topological polar surface area (TPSA) is 338 Å². The number of aromatic nitrogens is 4. The zero-order chi connectivity index (χ0) is 61.9. The van der Waals surface area contributed by atoms with E-state index in [0.717, 1.165) is 60.0 Å². The van der Waals surface area contributed by atoms with Gasteiger partial charge in [-0.3, -0.25) is 24.1 Å². The molecule has 6 aromatic rings. The Morgan fingerprint density at radius 2 is 1.62 bits per heavy atom. The molecule has 0 radical (unpaired) electrons. The maximum atomic E-state index is 14.3. The van der Waals surface area contributed by atoms with Crippen molar-refractivity contribution in [1.29, 1.82) is 0 Å². The molecule has 4 fully saturated rings. The fourth-order valence-corrected chi connectivity index (χ4v) is 16.0. The SMILES string of the molecule is Cc1c(-c2ccc(N3CCc4c(OCCNC(=O)OCc5ccc(N[C@@H](CCCNC(N)=O)C(N)=O)cc5)ccc(C(=O)Nc5nc6ccccc6s5)c4C3)nc2C(=O)O)cnn1CC12CC3(C)CC(C)(C1)CC(OCCN(C)CCS(=O)(=O)O)(C3)C2. The Bertz CT molecular complexity index is 3640. The second kappa shape index (κ2) is 25.4. The molecular formula is C61H76N12O12S2. The molecule has 26 heteroatoms. The van der Waals surface area contributed by atoms with Gasteiger partial charge in [0.05, 0.1) is 40.9 Å². The second-order valence-electron chi connectivity index (χ2n) is 24.7. The predicted octanol–water partition coefficient (Wildman–Crippen LogP) is 7.35. The van der Waals surface area contributed by atoms with E-state index in [2.05, 4.69) is 40.1 Å². The molecule has 3 aromatic heterocycles. The molecule has 10 N–H and O–H groups in total. The van der Waals surface area contributed by atoms with Crippen LogP contribution < -0.4 is 42.4 Å². The molecule has 0 saturated heterocycles. The summed E-state index contributed by atoms with van der Waals surface area (Å²) in [6.45, 7) is 9.55. The number of nitrogens with one attached hydrogen (secondary N) is 4. The minimum atomic E-state index is -4.07. The summed E-state index contributed by atoms with van der Waals surface area (Å²) in [6, 6.07) is 20.3. The monoisotopic (exact) mass is 1230 g/mol. The highest BCUT2D eigenvalue weighted by Gasteiger charge is 2.66. The number of rotatable bonds is 27. The van der Waals surface area contributed by atoms with E-state index in [9.17, 15) is 42.0 Å². The Morgan fingerprint density at radius 1 is 0.862 bits per heavy atom. The second-order valence-corrected chi connectivity index (χ2v) is 27.3. The van der Waals surface area contributed by atoms with Crippen molar-refractivity contribution in [1.82, 2.24) is 35.3 Å². The number of pyridine rings is 1. The third-order valence-corrected chi connectivity index (χ3v) is 18.9. The third kappa shape index (κ3) is 14.9. The molecule has 24 nitrogen and oxygen atoms in total. The maximum Gasteiger partial charge on any atom is 0.407 e. The van der Waals surface area contributed by atoms with Gasteiger partial charge in [0, 0.05) is 72.9 Å². The Labute approximate surface area is 508 Å². The average molecular weight is 1230 g/mol. The first-order valence-corrected chi connectivity index (χ1v) is 31.6. The van der Waals surface area contributed by atoms with Crippen molar-refractivity contribution < 1.29 is 56.3 Å². The molecule has 5 aliphatic rings. The van der Waals surface area contributed by atoms with Gasteiger partial charge in [-0.05, 0) is 148 Å². The van der Waals surface area contributed by atoms with Gasteiger partial charge >= 0.3 is 18.1 Å². The van der Waals surface area contributed by atoms with Gasteiger partial charge in [-0.25, -0.2) is 24.4 Å². The molecule has 3 atom stereocenters. The van der Waals surface area contributed by atoms with Gasteiger partial charge in [0.1, 0.15) is 30.8 Å². The van der Waals surface area contributed by atoms with E-state index in [1.807, 2.05) is 58.8 Å². The molecule has 4 saturated carbocycles. The number of benzene rings is 3. The van der Waals surface area contributed by atoms with Gasteiger partial charge in [0.2, 0.25) is 5.91 Å². The number of ether oxygens (including phenoxy) is 3. The van der Waals surface area contributed by atoms with Gasteiger partial charge in [0.15, 0.2) is 10.8 Å². The summed E-state index contributed by atoms with van der Waals surface area (Å²) < 4.78 is 53.6. The van der Waals surface area contributed by atoms with E-state index >= 15 is 0 Å². The Hall–Kier alpha value is -7.91. The van der Waals surface area contributed by atoms with Gasteiger partial charge in [-0.15, -0.1) is 0 Å². The van der Waals surface area contributed by atoms with Crippen molar-refractivity contribution >= 4 is 78.2 Å². The lowest BCUT2D eigenvalue weighted by Crippen LogP contribution is -2.64. The van der Waals surface area contributed by atoms with Crippen LogP contribution in [-0.4, -0.2) is 143 Å². The van der Waals surface area contributed by atoms with Crippen LogP contribution in [0.15, 0.2) is 79.0 Å². The number of carboxylic acid groups (broad SMARTS) is 1. The number of thiazole rings is 1. The number of para-hydroxylation sites is 1. The van der Waals surface area contributed by atoms with Crippen molar-refractivity contribution in [2.45, 2.75) is 110 Å². The summed E-state index contributed by atoms with van der Waals surface area (Å²) in [4.78, 5) is 76.6. The first-order valence-electron chi connectivity index (χ1n) is 29.2. The van der Waals surface area contributed by atoms with Gasteiger partial charge in [0.25, 0.3) is 16.0 Å². The smallest absolute Gasteiger partial charge is 0.407 e. The first-order chi connectivity index (χ1) is 41.4. The predicted molar refractivity (Wildman–Crippen MR) is 328 cm³/mol. The number of carbonyl (C=O) groups is 5. The number of anilines is 3. The van der Waals surface area contributed by atoms with E-state index in [4.69, 9.17) is 35.8 Å². The number of nitrogens with two attached hydrogens (primary N) is 2. The summed E-state index contributed by atoms with van der Waals surface area (Å²) in [6.07, 6.45) is 8.19. The van der Waals surface area contributed by atoms with Crippen LogP contribution in [0.25, 0.3) is 21.3 Å². The van der Waals surface area contributed by atoms with Crippen LogP contribution in [-0.2, 0) is 50.5 Å². The number of hydrogen-bond donors (Lipinski definition) is 8. The summed E-state index contributed by atoms with van der Waals surface area (Å²) in [5.74, 6) is -1.53. The number of hydrogen-bond acceptors (Lipinski definition) is 17. The summed E-state index contributed by atoms with van der Waals surface area (Å²) >= 11 is 1.36. The highest BCUT2D eigenvalue weighted by atomic mass is 32.2.